The largest absolute Gasteiger partial charge is 0.480 e. The highest BCUT2D eigenvalue weighted by atomic mass is 31.2. The zero-order valence-corrected chi connectivity index (χ0v) is 7.69. The summed E-state index contributed by atoms with van der Waals surface area (Å²) in [5.74, 6) is -4.44. The van der Waals surface area contributed by atoms with Crippen LogP contribution < -0.4 is 5.73 Å². The van der Waals surface area contributed by atoms with Gasteiger partial charge in [0.2, 0.25) is 0 Å². The first kappa shape index (κ1) is 11.5. The Labute approximate surface area is 77.5 Å². The number of hydrogen-bond donors (Lipinski definition) is 5. The molecule has 1 aliphatic rings. The number of alkyl halides is 1. The highest BCUT2D eigenvalue weighted by Gasteiger charge is 2.78. The van der Waals surface area contributed by atoms with Crippen molar-refractivity contribution in [3.05, 3.63) is 0 Å². The molecule has 6 N–H and O–H groups in total. The Bertz CT molecular complexity index is 330. The summed E-state index contributed by atoms with van der Waals surface area (Å²) in [6.45, 7) is 0. The predicted molar refractivity (Wildman–Crippen MR) is 41.1 cm³/mol. The van der Waals surface area contributed by atoms with Gasteiger partial charge < -0.3 is 25.7 Å². The van der Waals surface area contributed by atoms with Gasteiger partial charge in [-0.25, -0.2) is 4.39 Å². The maximum absolute atomic E-state index is 13.4. The van der Waals surface area contributed by atoms with Crippen LogP contribution in [-0.2, 0) is 9.36 Å². The topological polar surface area (TPSA) is 141 Å². The number of aliphatic hydroxyl groups is 1. The Morgan fingerprint density at radius 1 is 1.57 bits per heavy atom. The molecule has 9 heteroatoms. The Morgan fingerprint density at radius 2 is 2.00 bits per heavy atom. The van der Waals surface area contributed by atoms with Crippen LogP contribution in [0.2, 0.25) is 0 Å². The minimum Gasteiger partial charge on any atom is -0.480 e. The standard InChI is InChI=1S/C5H9FNO6P/c6-4(3(10)14(11,12)13)1-5(4,7)2(8)9/h3,10H,1,7H2,(H,8,9)(H2,11,12,13)/t3?,4-,5+/m1/s1. The van der Waals surface area contributed by atoms with Crippen LogP contribution >= 0.6 is 7.60 Å². The third kappa shape index (κ3) is 1.35. The summed E-state index contributed by atoms with van der Waals surface area (Å²) in [7, 11) is -5.10. The fourth-order valence-electron chi connectivity index (χ4n) is 1.20. The summed E-state index contributed by atoms with van der Waals surface area (Å²) >= 11 is 0. The number of halogens is 1. The number of rotatable bonds is 3. The smallest absolute Gasteiger partial charge is 0.357 e. The highest BCUT2D eigenvalue weighted by molar-refractivity contribution is 7.52. The number of carboxylic acids is 1. The molecule has 1 unspecified atom stereocenters. The van der Waals surface area contributed by atoms with Gasteiger partial charge in [-0.15, -0.1) is 0 Å². The molecule has 0 heterocycles. The molecule has 0 aromatic rings. The zero-order valence-electron chi connectivity index (χ0n) is 6.79. The van der Waals surface area contributed by atoms with E-state index in [4.69, 9.17) is 25.7 Å². The van der Waals surface area contributed by atoms with E-state index in [1.165, 1.54) is 0 Å². The van der Waals surface area contributed by atoms with E-state index in [2.05, 4.69) is 0 Å². The maximum atomic E-state index is 13.4. The predicted octanol–water partition coefficient (Wildman–Crippen LogP) is -1.62. The maximum Gasteiger partial charge on any atom is 0.357 e. The number of nitrogens with two attached hydrogens (primary N) is 1. The number of hydrogen-bond acceptors (Lipinski definition) is 4. The molecule has 14 heavy (non-hydrogen) atoms. The van der Waals surface area contributed by atoms with Gasteiger partial charge in [0.25, 0.3) is 0 Å². The first-order valence-corrected chi connectivity index (χ1v) is 5.18. The summed E-state index contributed by atoms with van der Waals surface area (Å²) in [4.78, 5) is 27.3. The van der Waals surface area contributed by atoms with Gasteiger partial charge in [-0.2, -0.15) is 0 Å². The lowest BCUT2D eigenvalue weighted by Gasteiger charge is -2.18. The Kier molecular flexibility index (Phi) is 2.26. The van der Waals surface area contributed by atoms with E-state index >= 15 is 0 Å². The molecule has 0 bridgehead atoms. The minimum atomic E-state index is -5.10. The van der Waals surface area contributed by atoms with Gasteiger partial charge in [0, 0.05) is 6.42 Å². The lowest BCUT2D eigenvalue weighted by molar-refractivity contribution is -0.141. The molecule has 0 radical (unpaired) electrons. The minimum absolute atomic E-state index is 0.818. The van der Waals surface area contributed by atoms with Gasteiger partial charge >= 0.3 is 13.6 Å². The quantitative estimate of drug-likeness (QED) is 0.366. The first-order chi connectivity index (χ1) is 6.06. The molecular weight excluding hydrogens is 220 g/mol. The lowest BCUT2D eigenvalue weighted by atomic mass is 10.2. The monoisotopic (exact) mass is 229 g/mol. The average Bonchev–Trinajstić information content (AvgIpc) is 2.54. The Morgan fingerprint density at radius 3 is 2.21 bits per heavy atom. The van der Waals surface area contributed by atoms with Gasteiger partial charge in [-0.05, 0) is 0 Å². The van der Waals surface area contributed by atoms with Crippen molar-refractivity contribution in [1.29, 1.82) is 0 Å². The molecule has 82 valence electrons. The molecule has 7 nitrogen and oxygen atoms in total. The molecule has 0 aromatic carbocycles. The van der Waals surface area contributed by atoms with Crippen molar-refractivity contribution in [3.63, 3.8) is 0 Å². The molecule has 1 aliphatic carbocycles. The molecule has 0 saturated heterocycles. The van der Waals surface area contributed by atoms with Crippen molar-refractivity contribution in [1.82, 2.24) is 0 Å². The fourth-order valence-corrected chi connectivity index (χ4v) is 2.06. The third-order valence-electron chi connectivity index (χ3n) is 2.26. The van der Waals surface area contributed by atoms with Gasteiger partial charge in [-0.1, -0.05) is 0 Å². The molecule has 0 aromatic heterocycles. The second-order valence-electron chi connectivity index (χ2n) is 3.28. The van der Waals surface area contributed by atoms with Gasteiger partial charge in [-0.3, -0.25) is 9.36 Å². The van der Waals surface area contributed by atoms with Crippen molar-refractivity contribution in [2.75, 3.05) is 0 Å². The number of carboxylic acid groups (broad SMARTS) is 1. The van der Waals surface area contributed by atoms with Crippen LogP contribution in [0.3, 0.4) is 0 Å². The zero-order chi connectivity index (χ0) is 11.4. The van der Waals surface area contributed by atoms with E-state index in [1.807, 2.05) is 0 Å². The van der Waals surface area contributed by atoms with Crippen molar-refractivity contribution in [2.45, 2.75) is 23.5 Å². The van der Waals surface area contributed by atoms with E-state index in [0.717, 1.165) is 0 Å². The molecule has 1 rings (SSSR count). The summed E-state index contributed by atoms with van der Waals surface area (Å²) in [6.07, 6.45) is -0.818. The first-order valence-electron chi connectivity index (χ1n) is 3.50. The van der Waals surface area contributed by atoms with Crippen LogP contribution in [0.25, 0.3) is 0 Å². The van der Waals surface area contributed by atoms with Crippen molar-refractivity contribution < 1.29 is 33.7 Å². The van der Waals surface area contributed by atoms with Gasteiger partial charge in [0.1, 0.15) is 0 Å². The fraction of sp³-hybridized carbons (Fsp3) is 0.800. The summed E-state index contributed by atoms with van der Waals surface area (Å²) in [5, 5.41) is 17.3. The third-order valence-corrected chi connectivity index (χ3v) is 3.31. The molecule has 1 fully saturated rings. The van der Waals surface area contributed by atoms with Crippen LogP contribution in [0.15, 0.2) is 0 Å². The van der Waals surface area contributed by atoms with Crippen LogP contribution in [0.4, 0.5) is 4.39 Å². The second-order valence-corrected chi connectivity index (χ2v) is 4.95. The summed E-state index contributed by atoms with van der Waals surface area (Å²) in [5.41, 5.74) is -0.382. The average molecular weight is 229 g/mol. The lowest BCUT2D eigenvalue weighted by Crippen LogP contribution is -2.45. The second kappa shape index (κ2) is 2.74. The molecule has 1 saturated carbocycles. The van der Waals surface area contributed by atoms with Crippen LogP contribution in [-0.4, -0.2) is 43.0 Å². The molecular formula is C5H9FNO6P. The van der Waals surface area contributed by atoms with E-state index in [9.17, 15) is 13.8 Å². The summed E-state index contributed by atoms with van der Waals surface area (Å²) in [6, 6.07) is 0. The van der Waals surface area contributed by atoms with Gasteiger partial charge in [0.15, 0.2) is 17.1 Å². The highest BCUT2D eigenvalue weighted by Crippen LogP contribution is 2.61. The van der Waals surface area contributed by atoms with Crippen molar-refractivity contribution in [2.24, 2.45) is 5.73 Å². The SMILES string of the molecule is N[C@]1(C(=O)O)C[C@@]1(F)C(O)P(=O)(O)O. The number of carbonyl (C=O) groups is 1. The van der Waals surface area contributed by atoms with E-state index < -0.39 is 37.0 Å². The molecule has 3 atom stereocenters. The summed E-state index contributed by atoms with van der Waals surface area (Å²) < 4.78 is 23.9. The molecule has 0 spiro atoms. The number of aliphatic carboxylic acids is 1. The van der Waals surface area contributed by atoms with E-state index in [1.54, 1.807) is 0 Å². The van der Waals surface area contributed by atoms with Crippen molar-refractivity contribution in [3.8, 4) is 0 Å². The Balaban J connectivity index is 2.94. The number of aliphatic hydroxyl groups excluding tert-OH is 1. The van der Waals surface area contributed by atoms with Crippen LogP contribution in [0.5, 0.6) is 0 Å². The van der Waals surface area contributed by atoms with Crippen LogP contribution in [0, 0.1) is 0 Å². The molecule has 0 aliphatic heterocycles. The van der Waals surface area contributed by atoms with E-state index in [0.29, 0.717) is 0 Å². The van der Waals surface area contributed by atoms with Gasteiger partial charge in [0.05, 0.1) is 0 Å². The Hall–Kier alpha value is -0.530. The van der Waals surface area contributed by atoms with E-state index in [-0.39, 0.29) is 0 Å². The normalized spacial score (nSPS) is 39.2. The van der Waals surface area contributed by atoms with Crippen molar-refractivity contribution >= 4 is 13.6 Å². The molecule has 0 amide bonds. The van der Waals surface area contributed by atoms with Crippen LogP contribution in [0.1, 0.15) is 6.42 Å².